The van der Waals surface area contributed by atoms with Gasteiger partial charge in [0.25, 0.3) is 0 Å². The Morgan fingerprint density at radius 2 is 2.00 bits per heavy atom. The molecule has 0 radical (unpaired) electrons. The maximum atomic E-state index is 4.51. The zero-order valence-electron chi connectivity index (χ0n) is 9.86. The molecule has 0 fully saturated rings. The number of halogens is 1. The first-order valence-electron chi connectivity index (χ1n) is 5.75. The van der Waals surface area contributed by atoms with Crippen LogP contribution in [0.4, 0.5) is 0 Å². The van der Waals surface area contributed by atoms with Crippen LogP contribution in [0.5, 0.6) is 0 Å². The molecule has 1 aromatic carbocycles. The highest BCUT2D eigenvalue weighted by molar-refractivity contribution is 9.10. The van der Waals surface area contributed by atoms with Gasteiger partial charge in [-0.1, -0.05) is 35.0 Å². The van der Waals surface area contributed by atoms with Crippen molar-refractivity contribution in [1.82, 2.24) is 15.1 Å². The average molecular weight is 294 g/mol. The van der Waals surface area contributed by atoms with E-state index in [0.29, 0.717) is 0 Å². The topological polar surface area (TPSA) is 29.9 Å². The molecule has 0 aliphatic rings. The van der Waals surface area contributed by atoms with Gasteiger partial charge in [-0.15, -0.1) is 0 Å². The lowest BCUT2D eigenvalue weighted by molar-refractivity contribution is 0.644. The maximum absolute atomic E-state index is 4.51. The van der Waals surface area contributed by atoms with E-state index in [-0.39, 0.29) is 0 Å². The lowest BCUT2D eigenvalue weighted by Gasteiger charge is -2.02. The molecular weight excluding hydrogens is 278 g/mol. The molecule has 1 N–H and O–H groups in total. The average Bonchev–Trinajstić information content (AvgIpc) is 2.77. The molecule has 17 heavy (non-hydrogen) atoms. The fraction of sp³-hybridized carbons (Fsp3) is 0.308. The summed E-state index contributed by atoms with van der Waals surface area (Å²) in [6.45, 7) is 4.72. The van der Waals surface area contributed by atoms with Gasteiger partial charge in [-0.05, 0) is 30.3 Å². The smallest absolute Gasteiger partial charge is 0.0762 e. The Bertz CT molecular complexity index is 462. The Balaban J connectivity index is 1.98. The minimum absolute atomic E-state index is 0.819. The molecule has 90 valence electrons. The highest BCUT2D eigenvalue weighted by Gasteiger charge is 1.99. The molecule has 0 aliphatic heterocycles. The van der Waals surface area contributed by atoms with Crippen molar-refractivity contribution in [3.63, 3.8) is 0 Å². The van der Waals surface area contributed by atoms with Crippen LogP contribution >= 0.6 is 15.9 Å². The standard InChI is InChI=1S/C13H16BrN3/c1-2-15-9-13-7-8-17(16-13)10-11-3-5-12(14)6-4-11/h3-8,15H,2,9-10H2,1H3. The Labute approximate surface area is 110 Å². The predicted molar refractivity (Wildman–Crippen MR) is 72.9 cm³/mol. The summed E-state index contributed by atoms with van der Waals surface area (Å²) in [5.74, 6) is 0. The zero-order chi connectivity index (χ0) is 12.1. The summed E-state index contributed by atoms with van der Waals surface area (Å²) in [4.78, 5) is 0. The third-order valence-electron chi connectivity index (χ3n) is 2.51. The molecule has 0 spiro atoms. The number of hydrogen-bond acceptors (Lipinski definition) is 2. The van der Waals surface area contributed by atoms with Crippen LogP contribution in [0.25, 0.3) is 0 Å². The van der Waals surface area contributed by atoms with E-state index in [1.807, 2.05) is 10.9 Å². The third-order valence-corrected chi connectivity index (χ3v) is 3.04. The SMILES string of the molecule is CCNCc1ccn(Cc2ccc(Br)cc2)n1. The molecule has 0 unspecified atom stereocenters. The van der Waals surface area contributed by atoms with Gasteiger partial charge in [0, 0.05) is 17.2 Å². The Kier molecular flexibility index (Phi) is 4.34. The van der Waals surface area contributed by atoms with Gasteiger partial charge < -0.3 is 5.32 Å². The van der Waals surface area contributed by atoms with E-state index in [9.17, 15) is 0 Å². The van der Waals surface area contributed by atoms with Crippen molar-refractivity contribution in [3.8, 4) is 0 Å². The molecule has 2 rings (SSSR count). The fourth-order valence-corrected chi connectivity index (χ4v) is 1.88. The summed E-state index contributed by atoms with van der Waals surface area (Å²) in [6.07, 6.45) is 2.02. The van der Waals surface area contributed by atoms with E-state index in [1.165, 1.54) is 5.56 Å². The number of nitrogens with one attached hydrogen (secondary N) is 1. The van der Waals surface area contributed by atoms with Gasteiger partial charge in [0.15, 0.2) is 0 Å². The minimum Gasteiger partial charge on any atom is -0.311 e. The molecule has 0 aliphatic carbocycles. The van der Waals surface area contributed by atoms with Crippen LogP contribution in [-0.2, 0) is 13.1 Å². The molecule has 0 saturated carbocycles. The van der Waals surface area contributed by atoms with E-state index in [2.05, 4.69) is 63.6 Å². The minimum atomic E-state index is 0.819. The zero-order valence-corrected chi connectivity index (χ0v) is 11.4. The van der Waals surface area contributed by atoms with Crippen molar-refractivity contribution in [2.45, 2.75) is 20.0 Å². The number of aromatic nitrogens is 2. The van der Waals surface area contributed by atoms with Crippen LogP contribution in [0, 0.1) is 0 Å². The highest BCUT2D eigenvalue weighted by atomic mass is 79.9. The lowest BCUT2D eigenvalue weighted by atomic mass is 10.2. The Hall–Kier alpha value is -1.13. The fourth-order valence-electron chi connectivity index (χ4n) is 1.62. The van der Waals surface area contributed by atoms with Crippen molar-refractivity contribution >= 4 is 15.9 Å². The van der Waals surface area contributed by atoms with Crippen LogP contribution in [0.15, 0.2) is 41.0 Å². The molecule has 1 heterocycles. The molecule has 4 heteroatoms. The van der Waals surface area contributed by atoms with Crippen LogP contribution in [0.3, 0.4) is 0 Å². The molecular formula is C13H16BrN3. The maximum Gasteiger partial charge on any atom is 0.0762 e. The van der Waals surface area contributed by atoms with E-state index in [4.69, 9.17) is 0 Å². The van der Waals surface area contributed by atoms with Gasteiger partial charge in [0.05, 0.1) is 12.2 Å². The number of nitrogens with zero attached hydrogens (tertiary/aromatic N) is 2. The normalized spacial score (nSPS) is 10.7. The molecule has 3 nitrogen and oxygen atoms in total. The molecule has 0 bridgehead atoms. The monoisotopic (exact) mass is 293 g/mol. The Morgan fingerprint density at radius 3 is 2.71 bits per heavy atom. The first-order chi connectivity index (χ1) is 8.28. The van der Waals surface area contributed by atoms with Gasteiger partial charge in [0.1, 0.15) is 0 Å². The second kappa shape index (κ2) is 5.98. The quantitative estimate of drug-likeness (QED) is 0.919. The van der Waals surface area contributed by atoms with Crippen LogP contribution in [0.2, 0.25) is 0 Å². The van der Waals surface area contributed by atoms with E-state index in [1.54, 1.807) is 0 Å². The first-order valence-corrected chi connectivity index (χ1v) is 6.54. The highest BCUT2D eigenvalue weighted by Crippen LogP contribution is 2.11. The molecule has 1 aromatic heterocycles. The summed E-state index contributed by atoms with van der Waals surface area (Å²) >= 11 is 3.43. The van der Waals surface area contributed by atoms with Crippen molar-refractivity contribution in [2.75, 3.05) is 6.54 Å². The predicted octanol–water partition coefficient (Wildman–Crippen LogP) is 2.80. The van der Waals surface area contributed by atoms with E-state index < -0.39 is 0 Å². The molecule has 0 saturated heterocycles. The number of rotatable bonds is 5. The summed E-state index contributed by atoms with van der Waals surface area (Å²) in [7, 11) is 0. The van der Waals surface area contributed by atoms with Crippen molar-refractivity contribution < 1.29 is 0 Å². The Morgan fingerprint density at radius 1 is 1.24 bits per heavy atom. The van der Waals surface area contributed by atoms with Gasteiger partial charge in [0.2, 0.25) is 0 Å². The third kappa shape index (κ3) is 3.68. The van der Waals surface area contributed by atoms with Gasteiger partial charge in [-0.3, -0.25) is 4.68 Å². The van der Waals surface area contributed by atoms with Crippen molar-refractivity contribution in [3.05, 3.63) is 52.3 Å². The summed E-state index contributed by atoms with van der Waals surface area (Å²) < 4.78 is 3.07. The molecule has 0 amide bonds. The van der Waals surface area contributed by atoms with Crippen molar-refractivity contribution in [1.29, 1.82) is 0 Å². The van der Waals surface area contributed by atoms with Gasteiger partial charge in [-0.25, -0.2) is 0 Å². The second-order valence-electron chi connectivity index (χ2n) is 3.91. The largest absolute Gasteiger partial charge is 0.311 e. The first kappa shape index (κ1) is 12.3. The van der Waals surface area contributed by atoms with Crippen LogP contribution in [0.1, 0.15) is 18.2 Å². The van der Waals surface area contributed by atoms with E-state index >= 15 is 0 Å². The number of hydrogen-bond donors (Lipinski definition) is 1. The van der Waals surface area contributed by atoms with Gasteiger partial charge in [-0.2, -0.15) is 5.10 Å². The molecule has 2 aromatic rings. The summed E-state index contributed by atoms with van der Waals surface area (Å²) in [5, 5.41) is 7.78. The van der Waals surface area contributed by atoms with Crippen LogP contribution in [-0.4, -0.2) is 16.3 Å². The van der Waals surface area contributed by atoms with Gasteiger partial charge >= 0.3 is 0 Å². The van der Waals surface area contributed by atoms with Crippen molar-refractivity contribution in [2.24, 2.45) is 0 Å². The molecule has 0 atom stereocenters. The summed E-state index contributed by atoms with van der Waals surface area (Å²) in [6, 6.07) is 10.4. The summed E-state index contributed by atoms with van der Waals surface area (Å²) in [5.41, 5.74) is 2.34. The number of benzene rings is 1. The van der Waals surface area contributed by atoms with Crippen LogP contribution < -0.4 is 5.32 Å². The second-order valence-corrected chi connectivity index (χ2v) is 4.83. The van der Waals surface area contributed by atoms with E-state index in [0.717, 1.165) is 29.8 Å². The lowest BCUT2D eigenvalue weighted by Crippen LogP contribution is -2.12.